The molecule has 1 amide bonds. The van der Waals surface area contributed by atoms with E-state index >= 15 is 0 Å². The highest BCUT2D eigenvalue weighted by Crippen LogP contribution is 2.26. The summed E-state index contributed by atoms with van der Waals surface area (Å²) in [4.78, 5) is 20.0. The monoisotopic (exact) mass is 335 g/mol. The Balaban J connectivity index is 1.99. The molecule has 122 valence electrons. The summed E-state index contributed by atoms with van der Waals surface area (Å²) in [6.07, 6.45) is 0. The van der Waals surface area contributed by atoms with Crippen LogP contribution in [-0.4, -0.2) is 35.8 Å². The van der Waals surface area contributed by atoms with Gasteiger partial charge in [-0.1, -0.05) is 11.8 Å². The van der Waals surface area contributed by atoms with E-state index in [1.54, 1.807) is 18.2 Å². The Kier molecular flexibility index (Phi) is 5.47. The number of hydrogen-bond acceptors (Lipinski definition) is 8. The number of nitrogens with zero attached hydrogens (tertiary/aromatic N) is 2. The smallest absolute Gasteiger partial charge is 0.234 e. The first-order chi connectivity index (χ1) is 11.0. The Morgan fingerprint density at radius 1 is 1.09 bits per heavy atom. The molecule has 0 fully saturated rings. The number of nitrogen functional groups attached to an aromatic ring is 2. The number of anilines is 3. The van der Waals surface area contributed by atoms with Gasteiger partial charge in [-0.2, -0.15) is 0 Å². The number of rotatable bonds is 6. The summed E-state index contributed by atoms with van der Waals surface area (Å²) in [5, 5.41) is 3.10. The van der Waals surface area contributed by atoms with E-state index in [4.69, 9.17) is 20.9 Å². The van der Waals surface area contributed by atoms with Gasteiger partial charge in [-0.05, 0) is 0 Å². The van der Waals surface area contributed by atoms with Crippen LogP contribution in [0.25, 0.3) is 0 Å². The third kappa shape index (κ3) is 4.92. The van der Waals surface area contributed by atoms with Gasteiger partial charge < -0.3 is 26.3 Å². The maximum atomic E-state index is 12.0. The van der Waals surface area contributed by atoms with Gasteiger partial charge in [-0.25, -0.2) is 9.97 Å². The molecule has 1 aromatic carbocycles. The normalized spacial score (nSPS) is 10.2. The first-order valence-corrected chi connectivity index (χ1v) is 7.54. The Bertz CT molecular complexity index is 668. The van der Waals surface area contributed by atoms with Crippen LogP contribution in [0.15, 0.2) is 29.4 Å². The SMILES string of the molecule is COc1cc(NC(=O)CSc2nc(N)cc(N)n2)cc(OC)c1. The van der Waals surface area contributed by atoms with Crippen molar-refractivity contribution in [2.75, 3.05) is 36.8 Å². The van der Waals surface area contributed by atoms with Crippen molar-refractivity contribution in [3.8, 4) is 11.5 Å². The van der Waals surface area contributed by atoms with E-state index in [1.165, 1.54) is 20.3 Å². The molecule has 23 heavy (non-hydrogen) atoms. The second-order valence-corrected chi connectivity index (χ2v) is 5.38. The number of nitrogens with two attached hydrogens (primary N) is 2. The van der Waals surface area contributed by atoms with Crippen LogP contribution in [0, 0.1) is 0 Å². The third-order valence-corrected chi connectivity index (χ3v) is 3.56. The van der Waals surface area contributed by atoms with Crippen molar-refractivity contribution in [3.05, 3.63) is 24.3 Å². The van der Waals surface area contributed by atoms with E-state index < -0.39 is 0 Å². The topological polar surface area (TPSA) is 125 Å². The lowest BCUT2D eigenvalue weighted by molar-refractivity contribution is -0.113. The molecular weight excluding hydrogens is 318 g/mol. The van der Waals surface area contributed by atoms with Gasteiger partial charge in [0.2, 0.25) is 5.91 Å². The van der Waals surface area contributed by atoms with Crippen molar-refractivity contribution in [1.29, 1.82) is 0 Å². The number of carbonyl (C=O) groups excluding carboxylic acids is 1. The number of amides is 1. The lowest BCUT2D eigenvalue weighted by Gasteiger charge is -2.09. The fourth-order valence-electron chi connectivity index (χ4n) is 1.73. The minimum absolute atomic E-state index is 0.114. The highest BCUT2D eigenvalue weighted by atomic mass is 32.2. The molecule has 0 atom stereocenters. The summed E-state index contributed by atoms with van der Waals surface area (Å²) in [5.74, 6) is 1.58. The first kappa shape index (κ1) is 16.7. The van der Waals surface area contributed by atoms with E-state index in [1.807, 2.05) is 0 Å². The molecular formula is C14H17N5O3S. The minimum Gasteiger partial charge on any atom is -0.497 e. The molecule has 1 aromatic heterocycles. The number of carbonyl (C=O) groups is 1. The number of methoxy groups -OCH3 is 2. The van der Waals surface area contributed by atoms with E-state index in [-0.39, 0.29) is 23.3 Å². The Labute approximate surface area is 137 Å². The number of nitrogens with one attached hydrogen (secondary N) is 1. The number of ether oxygens (including phenoxy) is 2. The van der Waals surface area contributed by atoms with Gasteiger partial charge >= 0.3 is 0 Å². The maximum absolute atomic E-state index is 12.0. The summed E-state index contributed by atoms with van der Waals surface area (Å²) >= 11 is 1.14. The van der Waals surface area contributed by atoms with E-state index in [0.717, 1.165) is 11.8 Å². The second-order valence-electron chi connectivity index (χ2n) is 4.44. The standard InChI is InChI=1S/C14H17N5O3S/c1-21-9-3-8(4-10(5-9)22-2)17-13(20)7-23-14-18-11(15)6-12(16)19-14/h3-6H,7H2,1-2H3,(H,17,20)(H4,15,16,18,19). The summed E-state index contributed by atoms with van der Waals surface area (Å²) in [6, 6.07) is 6.56. The summed E-state index contributed by atoms with van der Waals surface area (Å²) in [5.41, 5.74) is 11.7. The summed E-state index contributed by atoms with van der Waals surface area (Å²) in [6.45, 7) is 0. The van der Waals surface area contributed by atoms with Crippen LogP contribution >= 0.6 is 11.8 Å². The number of thioether (sulfide) groups is 1. The van der Waals surface area contributed by atoms with Gasteiger partial charge in [0, 0.05) is 30.0 Å². The average molecular weight is 335 g/mol. The molecule has 0 saturated heterocycles. The van der Waals surface area contributed by atoms with Crippen LogP contribution in [0.2, 0.25) is 0 Å². The van der Waals surface area contributed by atoms with Crippen molar-refractivity contribution in [2.24, 2.45) is 0 Å². The number of hydrogen-bond donors (Lipinski definition) is 3. The van der Waals surface area contributed by atoms with Gasteiger partial charge in [0.25, 0.3) is 0 Å². The fourth-order valence-corrected chi connectivity index (χ4v) is 2.41. The molecule has 0 radical (unpaired) electrons. The zero-order chi connectivity index (χ0) is 16.8. The predicted molar refractivity (Wildman–Crippen MR) is 89.8 cm³/mol. The molecule has 5 N–H and O–H groups in total. The molecule has 0 spiro atoms. The molecule has 1 heterocycles. The predicted octanol–water partition coefficient (Wildman–Crippen LogP) is 1.39. The summed E-state index contributed by atoms with van der Waals surface area (Å²) < 4.78 is 10.3. The number of aromatic nitrogens is 2. The van der Waals surface area contributed by atoms with Gasteiger partial charge in [0.05, 0.1) is 20.0 Å². The van der Waals surface area contributed by atoms with Gasteiger partial charge in [0.1, 0.15) is 23.1 Å². The minimum atomic E-state index is -0.227. The number of benzene rings is 1. The van der Waals surface area contributed by atoms with Crippen LogP contribution in [0.5, 0.6) is 11.5 Å². The van der Waals surface area contributed by atoms with Crippen molar-refractivity contribution < 1.29 is 14.3 Å². The largest absolute Gasteiger partial charge is 0.497 e. The van der Waals surface area contributed by atoms with Gasteiger partial charge in [-0.15, -0.1) is 0 Å². The molecule has 0 saturated carbocycles. The van der Waals surface area contributed by atoms with Crippen LogP contribution in [-0.2, 0) is 4.79 Å². The Morgan fingerprint density at radius 2 is 1.65 bits per heavy atom. The fraction of sp³-hybridized carbons (Fsp3) is 0.214. The zero-order valence-electron chi connectivity index (χ0n) is 12.7. The van der Waals surface area contributed by atoms with E-state index in [9.17, 15) is 4.79 Å². The van der Waals surface area contributed by atoms with Crippen LogP contribution < -0.4 is 26.3 Å². The van der Waals surface area contributed by atoms with Crippen LogP contribution in [0.1, 0.15) is 0 Å². The Morgan fingerprint density at radius 3 is 2.17 bits per heavy atom. The molecule has 8 nitrogen and oxygen atoms in total. The van der Waals surface area contributed by atoms with Crippen LogP contribution in [0.3, 0.4) is 0 Å². The third-order valence-electron chi connectivity index (χ3n) is 2.71. The molecule has 0 aliphatic carbocycles. The highest BCUT2D eigenvalue weighted by Gasteiger charge is 2.09. The van der Waals surface area contributed by atoms with E-state index in [2.05, 4.69) is 15.3 Å². The quantitative estimate of drug-likeness (QED) is 0.534. The van der Waals surface area contributed by atoms with Crippen molar-refractivity contribution in [3.63, 3.8) is 0 Å². The van der Waals surface area contributed by atoms with Gasteiger partial charge in [0.15, 0.2) is 5.16 Å². The van der Waals surface area contributed by atoms with Crippen molar-refractivity contribution >= 4 is 35.0 Å². The van der Waals surface area contributed by atoms with Crippen LogP contribution in [0.4, 0.5) is 17.3 Å². The maximum Gasteiger partial charge on any atom is 0.234 e. The lowest BCUT2D eigenvalue weighted by Crippen LogP contribution is -2.14. The molecule has 0 aliphatic heterocycles. The molecule has 2 rings (SSSR count). The molecule has 0 unspecified atom stereocenters. The molecule has 0 bridgehead atoms. The Hall–Kier alpha value is -2.68. The van der Waals surface area contributed by atoms with Crippen molar-refractivity contribution in [1.82, 2.24) is 9.97 Å². The van der Waals surface area contributed by atoms with Gasteiger partial charge in [-0.3, -0.25) is 4.79 Å². The zero-order valence-corrected chi connectivity index (χ0v) is 13.5. The second kappa shape index (κ2) is 7.54. The molecule has 9 heteroatoms. The molecule has 2 aromatic rings. The molecule has 0 aliphatic rings. The highest BCUT2D eigenvalue weighted by molar-refractivity contribution is 7.99. The average Bonchev–Trinajstić information content (AvgIpc) is 2.51. The van der Waals surface area contributed by atoms with Crippen molar-refractivity contribution in [2.45, 2.75) is 5.16 Å². The lowest BCUT2D eigenvalue weighted by atomic mass is 10.2. The summed E-state index contributed by atoms with van der Waals surface area (Å²) in [7, 11) is 3.08. The first-order valence-electron chi connectivity index (χ1n) is 6.56. The van der Waals surface area contributed by atoms with E-state index in [0.29, 0.717) is 22.3 Å².